The van der Waals surface area contributed by atoms with Crippen molar-refractivity contribution in [3.8, 4) is 26.9 Å². The third kappa shape index (κ3) is 4.70. The van der Waals surface area contributed by atoms with E-state index >= 15 is 0 Å². The van der Waals surface area contributed by atoms with Gasteiger partial charge in [-0.1, -0.05) is 12.1 Å². The fourth-order valence-electron chi connectivity index (χ4n) is 2.87. The van der Waals surface area contributed by atoms with Crippen molar-refractivity contribution in [3.63, 3.8) is 0 Å². The number of hydrogen-bond donors (Lipinski definition) is 1. The third-order valence-electron chi connectivity index (χ3n) is 4.16. The Morgan fingerprint density at radius 1 is 1.07 bits per heavy atom. The van der Waals surface area contributed by atoms with Crippen molar-refractivity contribution < 1.29 is 9.53 Å². The van der Waals surface area contributed by atoms with E-state index in [2.05, 4.69) is 15.3 Å². The quantitative estimate of drug-likeness (QED) is 0.427. The summed E-state index contributed by atoms with van der Waals surface area (Å²) in [6.45, 7) is 2.55. The van der Waals surface area contributed by atoms with Gasteiger partial charge in [0.25, 0.3) is 0 Å². The minimum atomic E-state index is -0.0954. The summed E-state index contributed by atoms with van der Waals surface area (Å²) in [5, 5.41) is 8.61. The number of anilines is 1. The molecule has 7 heteroatoms. The Balaban J connectivity index is 1.41. The first-order chi connectivity index (χ1) is 14.2. The predicted molar refractivity (Wildman–Crippen MR) is 119 cm³/mol. The van der Waals surface area contributed by atoms with E-state index in [4.69, 9.17) is 4.74 Å². The van der Waals surface area contributed by atoms with Crippen molar-refractivity contribution in [2.24, 2.45) is 0 Å². The second-order valence-corrected chi connectivity index (χ2v) is 7.97. The summed E-state index contributed by atoms with van der Waals surface area (Å²) in [7, 11) is 0. The van der Waals surface area contributed by atoms with Gasteiger partial charge in [-0.15, -0.1) is 22.7 Å². The smallest absolute Gasteiger partial charge is 0.230 e. The van der Waals surface area contributed by atoms with E-state index in [0.29, 0.717) is 6.61 Å². The number of amides is 1. The highest BCUT2D eigenvalue weighted by Gasteiger charge is 2.12. The summed E-state index contributed by atoms with van der Waals surface area (Å²) < 4.78 is 5.68. The highest BCUT2D eigenvalue weighted by Crippen LogP contribution is 2.32. The number of benzene rings is 2. The third-order valence-corrected chi connectivity index (χ3v) is 5.91. The Hall–Kier alpha value is -3.03. The predicted octanol–water partition coefficient (Wildman–Crippen LogP) is 5.51. The maximum absolute atomic E-state index is 12.4. The zero-order valence-corrected chi connectivity index (χ0v) is 17.4. The molecule has 4 aromatic rings. The Labute approximate surface area is 177 Å². The van der Waals surface area contributed by atoms with Crippen LogP contribution in [0.4, 0.5) is 5.69 Å². The van der Waals surface area contributed by atoms with Gasteiger partial charge in [0.15, 0.2) is 0 Å². The largest absolute Gasteiger partial charge is 0.493 e. The van der Waals surface area contributed by atoms with E-state index in [0.717, 1.165) is 38.3 Å². The molecule has 0 unspecified atom stereocenters. The fourth-order valence-corrected chi connectivity index (χ4v) is 4.36. The van der Waals surface area contributed by atoms with Crippen LogP contribution in [-0.2, 0) is 11.2 Å². The molecule has 2 heterocycles. The van der Waals surface area contributed by atoms with Gasteiger partial charge in [0.2, 0.25) is 5.91 Å². The van der Waals surface area contributed by atoms with Crippen LogP contribution in [0.15, 0.2) is 65.5 Å². The number of carbonyl (C=O) groups excluding carboxylic acids is 1. The Kier molecular flexibility index (Phi) is 5.97. The first-order valence-electron chi connectivity index (χ1n) is 9.19. The van der Waals surface area contributed by atoms with Crippen LogP contribution in [0.5, 0.6) is 5.75 Å². The van der Waals surface area contributed by atoms with Crippen molar-refractivity contribution in [1.82, 2.24) is 9.97 Å². The summed E-state index contributed by atoms with van der Waals surface area (Å²) in [6.07, 6.45) is 2.01. The maximum atomic E-state index is 12.4. The molecule has 0 bridgehead atoms. The molecular weight excluding hydrogens is 402 g/mol. The van der Waals surface area contributed by atoms with Crippen LogP contribution in [0, 0.1) is 0 Å². The molecule has 0 saturated carbocycles. The van der Waals surface area contributed by atoms with Gasteiger partial charge in [0, 0.05) is 28.2 Å². The van der Waals surface area contributed by atoms with Crippen LogP contribution in [-0.4, -0.2) is 22.5 Å². The summed E-state index contributed by atoms with van der Waals surface area (Å²) >= 11 is 3.10. The average molecular weight is 422 g/mol. The standard InChI is InChI=1S/C22H19N3O2S2/c1-2-27-19-6-4-3-5-18(19)22-25-17(14-29-22)13-20(26)24-16-9-7-15(8-10-16)21-23-11-12-28-21/h3-12,14H,2,13H2,1H3,(H,24,26). The molecule has 1 N–H and O–H groups in total. The maximum Gasteiger partial charge on any atom is 0.230 e. The second-order valence-electron chi connectivity index (χ2n) is 6.21. The zero-order valence-electron chi connectivity index (χ0n) is 15.8. The lowest BCUT2D eigenvalue weighted by molar-refractivity contribution is -0.115. The van der Waals surface area contributed by atoms with Gasteiger partial charge in [0.1, 0.15) is 15.8 Å². The second kappa shape index (κ2) is 8.98. The number of aromatic nitrogens is 2. The molecule has 146 valence electrons. The van der Waals surface area contributed by atoms with Crippen LogP contribution in [0.25, 0.3) is 21.1 Å². The molecule has 0 spiro atoms. The first kappa shape index (κ1) is 19.3. The van der Waals surface area contributed by atoms with Crippen LogP contribution in [0.1, 0.15) is 12.6 Å². The molecule has 2 aromatic heterocycles. The number of ether oxygens (including phenoxy) is 1. The number of hydrogen-bond acceptors (Lipinski definition) is 6. The molecule has 29 heavy (non-hydrogen) atoms. The molecular formula is C22H19N3O2S2. The van der Waals surface area contributed by atoms with Crippen molar-refractivity contribution >= 4 is 34.3 Å². The van der Waals surface area contributed by atoms with Crippen molar-refractivity contribution in [2.75, 3.05) is 11.9 Å². The first-order valence-corrected chi connectivity index (χ1v) is 10.9. The normalized spacial score (nSPS) is 10.7. The van der Waals surface area contributed by atoms with Gasteiger partial charge < -0.3 is 10.1 Å². The molecule has 4 rings (SSSR count). The van der Waals surface area contributed by atoms with E-state index < -0.39 is 0 Å². The molecule has 0 saturated heterocycles. The average Bonchev–Trinajstić information content (AvgIpc) is 3.42. The summed E-state index contributed by atoms with van der Waals surface area (Å²) in [4.78, 5) is 21.3. The SMILES string of the molecule is CCOc1ccccc1-c1nc(CC(=O)Nc2ccc(-c3nccs3)cc2)cs1. The van der Waals surface area contributed by atoms with Crippen LogP contribution >= 0.6 is 22.7 Å². The molecule has 1 amide bonds. The Morgan fingerprint density at radius 2 is 1.90 bits per heavy atom. The molecule has 0 aliphatic heterocycles. The Morgan fingerprint density at radius 3 is 2.66 bits per heavy atom. The molecule has 0 aliphatic carbocycles. The monoisotopic (exact) mass is 421 g/mol. The molecule has 0 atom stereocenters. The lowest BCUT2D eigenvalue weighted by Crippen LogP contribution is -2.14. The summed E-state index contributed by atoms with van der Waals surface area (Å²) in [5.74, 6) is 0.711. The minimum absolute atomic E-state index is 0.0954. The lowest BCUT2D eigenvalue weighted by Gasteiger charge is -2.07. The minimum Gasteiger partial charge on any atom is -0.493 e. The highest BCUT2D eigenvalue weighted by atomic mass is 32.1. The van der Waals surface area contributed by atoms with Crippen LogP contribution < -0.4 is 10.1 Å². The topological polar surface area (TPSA) is 64.1 Å². The number of para-hydroxylation sites is 1. The van der Waals surface area contributed by atoms with E-state index in [1.54, 1.807) is 17.5 Å². The van der Waals surface area contributed by atoms with Gasteiger partial charge in [-0.2, -0.15) is 0 Å². The van der Waals surface area contributed by atoms with Gasteiger partial charge in [-0.25, -0.2) is 9.97 Å². The van der Waals surface area contributed by atoms with E-state index in [1.165, 1.54) is 11.3 Å². The van der Waals surface area contributed by atoms with Crippen LogP contribution in [0.3, 0.4) is 0 Å². The molecule has 0 fully saturated rings. The van der Waals surface area contributed by atoms with Crippen molar-refractivity contribution in [3.05, 3.63) is 71.2 Å². The van der Waals surface area contributed by atoms with Gasteiger partial charge >= 0.3 is 0 Å². The number of carbonyl (C=O) groups is 1. The van der Waals surface area contributed by atoms with Gasteiger partial charge in [0.05, 0.1) is 24.3 Å². The molecule has 2 aromatic carbocycles. The zero-order chi connectivity index (χ0) is 20.1. The van der Waals surface area contributed by atoms with Gasteiger partial charge in [-0.05, 0) is 43.3 Å². The van der Waals surface area contributed by atoms with Crippen molar-refractivity contribution in [1.29, 1.82) is 0 Å². The number of nitrogens with one attached hydrogen (secondary N) is 1. The van der Waals surface area contributed by atoms with Crippen molar-refractivity contribution in [2.45, 2.75) is 13.3 Å². The number of rotatable bonds is 7. The summed E-state index contributed by atoms with van der Waals surface area (Å²) in [5.41, 5.74) is 3.49. The number of nitrogens with zero attached hydrogens (tertiary/aromatic N) is 2. The number of thiazole rings is 2. The van der Waals surface area contributed by atoms with Crippen LogP contribution in [0.2, 0.25) is 0 Å². The highest BCUT2D eigenvalue weighted by molar-refractivity contribution is 7.13. The fraction of sp³-hybridized carbons (Fsp3) is 0.136. The Bertz CT molecular complexity index is 1090. The summed E-state index contributed by atoms with van der Waals surface area (Å²) in [6, 6.07) is 15.5. The van der Waals surface area contributed by atoms with E-state index in [9.17, 15) is 4.79 Å². The van der Waals surface area contributed by atoms with E-state index in [1.807, 2.05) is 66.2 Å². The van der Waals surface area contributed by atoms with E-state index in [-0.39, 0.29) is 12.3 Å². The molecule has 5 nitrogen and oxygen atoms in total. The lowest BCUT2D eigenvalue weighted by atomic mass is 10.2. The van der Waals surface area contributed by atoms with Gasteiger partial charge in [-0.3, -0.25) is 4.79 Å². The molecule has 0 aliphatic rings. The molecule has 0 radical (unpaired) electrons.